The van der Waals surface area contributed by atoms with Crippen molar-refractivity contribution in [2.24, 2.45) is 5.92 Å². The van der Waals surface area contributed by atoms with Crippen LogP contribution in [0.1, 0.15) is 26.7 Å². The van der Waals surface area contributed by atoms with Gasteiger partial charge >= 0.3 is 19.3 Å². The zero-order valence-corrected chi connectivity index (χ0v) is 41.1. The van der Waals surface area contributed by atoms with E-state index in [1.807, 2.05) is 91.9 Å². The van der Waals surface area contributed by atoms with E-state index in [1.165, 1.54) is 18.2 Å². The fourth-order valence-corrected chi connectivity index (χ4v) is 18.1. The molecule has 4 N–H and O–H groups in total. The summed E-state index contributed by atoms with van der Waals surface area (Å²) in [4.78, 5) is 22.3. The van der Waals surface area contributed by atoms with Gasteiger partial charge in [-0.2, -0.15) is 0 Å². The molecule has 0 radical (unpaired) electrons. The SMILES string of the molecule is C/C=C/PC(CC)P1(=O)Oc2ccccc2-c2ccccc21.O=C(O)CC(CP1(=O)Oc2ccccc2-c2ccccc21)C(=O)O.O=P1(c2cc(O)ccc2O)Oc2ccccc2-c2ccccc21. The number of fused-ring (bicyclic) bond motifs is 9. The summed E-state index contributed by atoms with van der Waals surface area (Å²) in [7, 11) is -9.52. The molecule has 0 bridgehead atoms. The summed E-state index contributed by atoms with van der Waals surface area (Å²) in [5.74, 6) is -0.308. The number of carboxylic acids is 2. The minimum atomic E-state index is -3.56. The summed E-state index contributed by atoms with van der Waals surface area (Å²) >= 11 is 0. The van der Waals surface area contributed by atoms with E-state index in [1.54, 1.807) is 60.7 Å². The summed E-state index contributed by atoms with van der Waals surface area (Å²) in [5, 5.41) is 40.0. The Hall–Kier alpha value is -6.66. The summed E-state index contributed by atoms with van der Waals surface area (Å²) in [6, 6.07) is 48.4. The molecule has 3 aliphatic heterocycles. The minimum absolute atomic E-state index is 0.0400. The molecule has 3 aliphatic rings. The maximum atomic E-state index is 13.8. The average molecular weight is 1000 g/mol. The van der Waals surface area contributed by atoms with E-state index in [0.717, 1.165) is 50.9 Å². The Labute approximate surface area is 401 Å². The normalized spacial score (nSPS) is 19.9. The highest BCUT2D eigenvalue weighted by molar-refractivity contribution is 7.77. The number of phenols is 2. The first-order chi connectivity index (χ1) is 33.2. The van der Waals surface area contributed by atoms with E-state index in [-0.39, 0.29) is 28.4 Å². The van der Waals surface area contributed by atoms with Gasteiger partial charge in [0.15, 0.2) is 0 Å². The Balaban J connectivity index is 0.000000140. The van der Waals surface area contributed by atoms with Gasteiger partial charge in [-0.1, -0.05) is 137 Å². The highest BCUT2D eigenvalue weighted by atomic mass is 31.2. The average Bonchev–Trinajstić information content (AvgIpc) is 3.35. The highest BCUT2D eigenvalue weighted by Gasteiger charge is 2.43. The Morgan fingerprint density at radius 2 is 1.04 bits per heavy atom. The molecular weight excluding hydrogens is 952 g/mol. The first kappa shape index (κ1) is 48.8. The number of benzene rings is 7. The Morgan fingerprint density at radius 3 is 1.58 bits per heavy atom. The first-order valence-electron chi connectivity index (χ1n) is 22.0. The van der Waals surface area contributed by atoms with Crippen LogP contribution in [0.2, 0.25) is 0 Å². The van der Waals surface area contributed by atoms with Crippen molar-refractivity contribution in [3.05, 3.63) is 176 Å². The number of aliphatic carboxylic acids is 2. The standard InChI is InChI=1S/C18H13O4P.C18H20O2P2.C17H15O6P/c19-12-9-10-15(20)18(11-12)23(21)17-8-4-2-6-14(17)13-5-1-3-7-16(13)22-23;1-3-13-21-18(4-2)22(19)17-12-8-6-10-15(17)14-9-5-7-11-16(14)20-22;18-16(19)9-11(17(20)21)10-24(22)15-8-4-2-6-13(15)12-5-1-3-7-14(12)23-24/h1-11,19-20H;3,5-13,18,21H,4H2,1-2H3;1-8,11H,9-10H2,(H,18,19)(H,20,21)/b;13-3+;. The molecule has 6 atom stereocenters. The van der Waals surface area contributed by atoms with E-state index in [4.69, 9.17) is 18.7 Å². The van der Waals surface area contributed by atoms with Crippen LogP contribution in [-0.4, -0.2) is 43.9 Å². The van der Waals surface area contributed by atoms with E-state index in [2.05, 4.69) is 18.8 Å². The maximum absolute atomic E-state index is 13.8. The minimum Gasteiger partial charge on any atom is -0.508 e. The molecule has 6 unspecified atom stereocenters. The van der Waals surface area contributed by atoms with Crippen molar-refractivity contribution in [1.82, 2.24) is 0 Å². The van der Waals surface area contributed by atoms with Gasteiger partial charge in [0.05, 0.1) is 45.1 Å². The van der Waals surface area contributed by atoms with Crippen molar-refractivity contribution >= 4 is 63.8 Å². The van der Waals surface area contributed by atoms with E-state index >= 15 is 0 Å². The van der Waals surface area contributed by atoms with Crippen molar-refractivity contribution in [3.63, 3.8) is 0 Å². The number of aromatic hydroxyl groups is 2. The number of phenolic OH excluding ortho intramolecular Hbond substituents is 2. The third-order valence-electron chi connectivity index (χ3n) is 11.7. The Bertz CT molecular complexity index is 3260. The van der Waals surface area contributed by atoms with Crippen LogP contribution in [0, 0.1) is 5.92 Å². The molecule has 0 saturated carbocycles. The van der Waals surface area contributed by atoms with Gasteiger partial charge in [0.25, 0.3) is 14.7 Å². The molecule has 7 aromatic rings. The van der Waals surface area contributed by atoms with Crippen LogP contribution >= 0.6 is 30.7 Å². The number of carbonyl (C=O) groups is 2. The first-order valence-corrected chi connectivity index (χ1v) is 28.3. The summed E-state index contributed by atoms with van der Waals surface area (Å²) in [6.45, 7) is 4.09. The second-order valence-electron chi connectivity index (χ2n) is 16.2. The lowest BCUT2D eigenvalue weighted by Crippen LogP contribution is -2.28. The van der Waals surface area contributed by atoms with Gasteiger partial charge in [0, 0.05) is 16.7 Å². The van der Waals surface area contributed by atoms with Crippen molar-refractivity contribution in [2.45, 2.75) is 32.1 Å². The van der Waals surface area contributed by atoms with Gasteiger partial charge in [-0.25, -0.2) is 0 Å². The largest absolute Gasteiger partial charge is 0.508 e. The van der Waals surface area contributed by atoms with Crippen LogP contribution in [-0.2, 0) is 23.3 Å². The van der Waals surface area contributed by atoms with E-state index < -0.39 is 46.4 Å². The van der Waals surface area contributed by atoms with Gasteiger partial charge in [0.2, 0.25) is 0 Å². The van der Waals surface area contributed by atoms with Crippen LogP contribution in [0.5, 0.6) is 28.7 Å². The molecular formula is C53H48O12P4. The van der Waals surface area contributed by atoms with Crippen LogP contribution in [0.25, 0.3) is 33.4 Å². The molecule has 0 saturated heterocycles. The Morgan fingerprint density at radius 1 is 0.580 bits per heavy atom. The van der Waals surface area contributed by atoms with E-state index in [0.29, 0.717) is 30.7 Å². The second kappa shape index (κ2) is 20.5. The topological polar surface area (TPSA) is 194 Å². The molecule has 16 heteroatoms. The zero-order valence-electron chi connectivity index (χ0n) is 37.4. The smallest absolute Gasteiger partial charge is 0.311 e. The molecule has 0 fully saturated rings. The predicted octanol–water partition coefficient (Wildman–Crippen LogP) is 11.8. The molecule has 0 aromatic heterocycles. The lowest BCUT2D eigenvalue weighted by Gasteiger charge is -2.33. The number of carboxylic acid groups (broad SMARTS) is 2. The number of hydrogen-bond acceptors (Lipinski definition) is 10. The molecule has 0 amide bonds. The molecule has 0 spiro atoms. The molecule has 12 nitrogen and oxygen atoms in total. The number of para-hydroxylation sites is 3. The molecule has 352 valence electrons. The van der Waals surface area contributed by atoms with Crippen LogP contribution < -0.4 is 34.8 Å². The lowest BCUT2D eigenvalue weighted by atomic mass is 10.0. The lowest BCUT2D eigenvalue weighted by molar-refractivity contribution is -0.147. The third kappa shape index (κ3) is 9.82. The van der Waals surface area contributed by atoms with Crippen LogP contribution in [0.4, 0.5) is 0 Å². The number of rotatable bonds is 10. The molecule has 7 aromatic carbocycles. The van der Waals surface area contributed by atoms with Gasteiger partial charge in [-0.05, 0) is 84.6 Å². The van der Waals surface area contributed by atoms with Crippen molar-refractivity contribution in [1.29, 1.82) is 0 Å². The van der Waals surface area contributed by atoms with Crippen molar-refractivity contribution < 1.29 is 57.3 Å². The monoisotopic (exact) mass is 1000 g/mol. The van der Waals surface area contributed by atoms with Crippen LogP contribution in [0.15, 0.2) is 176 Å². The quantitative estimate of drug-likeness (QED) is 0.0749. The Kier molecular flexibility index (Phi) is 14.5. The number of allylic oxidation sites excluding steroid dienone is 1. The van der Waals surface area contributed by atoms with Gasteiger partial charge < -0.3 is 34.0 Å². The predicted molar refractivity (Wildman–Crippen MR) is 274 cm³/mol. The maximum Gasteiger partial charge on any atom is 0.311 e. The molecule has 3 heterocycles. The fourth-order valence-electron chi connectivity index (χ4n) is 8.52. The van der Waals surface area contributed by atoms with Gasteiger partial charge in [-0.3, -0.25) is 23.3 Å². The van der Waals surface area contributed by atoms with Crippen LogP contribution in [0.3, 0.4) is 0 Å². The number of hydrogen-bond donors (Lipinski definition) is 4. The fraction of sp³-hybridized carbons (Fsp3) is 0.132. The summed E-state index contributed by atoms with van der Waals surface area (Å²) < 4.78 is 58.6. The molecule has 69 heavy (non-hydrogen) atoms. The van der Waals surface area contributed by atoms with Gasteiger partial charge in [-0.15, -0.1) is 0 Å². The summed E-state index contributed by atoms with van der Waals surface area (Å²) in [6.07, 6.45) is 1.90. The second-order valence-corrected chi connectivity index (χ2v) is 25.2. The van der Waals surface area contributed by atoms with Crippen molar-refractivity contribution in [2.75, 3.05) is 6.16 Å². The van der Waals surface area contributed by atoms with Crippen molar-refractivity contribution in [3.8, 4) is 62.1 Å². The molecule has 10 rings (SSSR count). The highest BCUT2D eigenvalue weighted by Crippen LogP contribution is 2.63. The third-order valence-corrected chi connectivity index (χ3v) is 22.2. The zero-order chi connectivity index (χ0) is 48.9. The summed E-state index contributed by atoms with van der Waals surface area (Å²) in [5.41, 5.74) is 5.26. The van der Waals surface area contributed by atoms with E-state index in [9.17, 15) is 38.6 Å². The van der Waals surface area contributed by atoms with Gasteiger partial charge in [0.1, 0.15) is 28.7 Å². The molecule has 0 aliphatic carbocycles.